The molecule has 6 heteroatoms. The highest BCUT2D eigenvalue weighted by atomic mass is 19.1. The molecule has 0 aromatic heterocycles. The van der Waals surface area contributed by atoms with E-state index in [4.69, 9.17) is 5.11 Å². The van der Waals surface area contributed by atoms with Crippen molar-refractivity contribution in [2.24, 2.45) is 0 Å². The lowest BCUT2D eigenvalue weighted by Crippen LogP contribution is -2.41. The standard InChI is InChI=1S/C14H19FN2O3/c1-9(2)17(8-13(18)19)14(20)11-6-5-10(16(3)4)7-12(11)15/h5-7,9H,8H2,1-4H3,(H,18,19). The summed E-state index contributed by atoms with van der Waals surface area (Å²) in [5.41, 5.74) is 0.513. The Labute approximate surface area is 117 Å². The number of carbonyl (C=O) groups excluding carboxylic acids is 1. The Balaban J connectivity index is 3.09. The van der Waals surface area contributed by atoms with Crippen LogP contribution >= 0.6 is 0 Å². The van der Waals surface area contributed by atoms with Crippen molar-refractivity contribution in [3.8, 4) is 0 Å². The zero-order chi connectivity index (χ0) is 15.4. The lowest BCUT2D eigenvalue weighted by Gasteiger charge is -2.25. The summed E-state index contributed by atoms with van der Waals surface area (Å²) in [4.78, 5) is 25.9. The molecule has 1 aromatic carbocycles. The SMILES string of the molecule is CC(C)N(CC(=O)O)C(=O)c1ccc(N(C)C)cc1F. The molecule has 5 nitrogen and oxygen atoms in total. The van der Waals surface area contributed by atoms with Crippen LogP contribution in [0, 0.1) is 5.82 Å². The molecule has 0 radical (unpaired) electrons. The van der Waals surface area contributed by atoms with Gasteiger partial charge in [0.2, 0.25) is 0 Å². The van der Waals surface area contributed by atoms with Crippen LogP contribution in [0.2, 0.25) is 0 Å². The first-order valence-electron chi connectivity index (χ1n) is 6.23. The predicted molar refractivity (Wildman–Crippen MR) is 74.5 cm³/mol. The van der Waals surface area contributed by atoms with Crippen molar-refractivity contribution in [1.29, 1.82) is 0 Å². The van der Waals surface area contributed by atoms with Crippen LogP contribution in [0.25, 0.3) is 0 Å². The Kier molecular flexibility index (Phi) is 5.07. The number of hydrogen-bond acceptors (Lipinski definition) is 3. The molecule has 0 atom stereocenters. The van der Waals surface area contributed by atoms with Gasteiger partial charge in [-0.25, -0.2) is 4.39 Å². The Morgan fingerprint density at radius 1 is 1.30 bits per heavy atom. The van der Waals surface area contributed by atoms with E-state index < -0.39 is 24.2 Å². The summed E-state index contributed by atoms with van der Waals surface area (Å²) in [6.45, 7) is 2.92. The van der Waals surface area contributed by atoms with Gasteiger partial charge >= 0.3 is 5.97 Å². The first kappa shape index (κ1) is 15.9. The van der Waals surface area contributed by atoms with Gasteiger partial charge in [0.05, 0.1) is 5.56 Å². The minimum Gasteiger partial charge on any atom is -0.480 e. The molecule has 1 aromatic rings. The number of carboxylic acid groups (broad SMARTS) is 1. The second-order valence-electron chi connectivity index (χ2n) is 4.98. The van der Waals surface area contributed by atoms with Gasteiger partial charge in [-0.2, -0.15) is 0 Å². The van der Waals surface area contributed by atoms with Crippen LogP contribution in [0.1, 0.15) is 24.2 Å². The number of carbonyl (C=O) groups is 2. The number of carboxylic acids is 1. The van der Waals surface area contributed by atoms with E-state index in [0.29, 0.717) is 5.69 Å². The second-order valence-corrected chi connectivity index (χ2v) is 4.98. The van der Waals surface area contributed by atoms with Crippen molar-refractivity contribution < 1.29 is 19.1 Å². The molecule has 1 rings (SSSR count). The van der Waals surface area contributed by atoms with Crippen molar-refractivity contribution in [3.63, 3.8) is 0 Å². The number of halogens is 1. The van der Waals surface area contributed by atoms with Crippen LogP contribution in [0.3, 0.4) is 0 Å². The maximum Gasteiger partial charge on any atom is 0.323 e. The molecule has 0 heterocycles. The van der Waals surface area contributed by atoms with Gasteiger partial charge in [-0.05, 0) is 32.0 Å². The van der Waals surface area contributed by atoms with Gasteiger partial charge in [0.25, 0.3) is 5.91 Å². The van der Waals surface area contributed by atoms with Gasteiger partial charge < -0.3 is 14.9 Å². The zero-order valence-corrected chi connectivity index (χ0v) is 12.1. The predicted octanol–water partition coefficient (Wildman–Crippen LogP) is 1.83. The number of nitrogens with zero attached hydrogens (tertiary/aromatic N) is 2. The first-order chi connectivity index (χ1) is 9.23. The zero-order valence-electron chi connectivity index (χ0n) is 12.1. The minimum atomic E-state index is -1.13. The summed E-state index contributed by atoms with van der Waals surface area (Å²) < 4.78 is 14.0. The average Bonchev–Trinajstić information content (AvgIpc) is 2.34. The molecular formula is C14H19FN2O3. The van der Waals surface area contributed by atoms with E-state index in [0.717, 1.165) is 4.90 Å². The van der Waals surface area contributed by atoms with Gasteiger partial charge in [-0.15, -0.1) is 0 Å². The summed E-state index contributed by atoms with van der Waals surface area (Å²) in [7, 11) is 3.53. The van der Waals surface area contributed by atoms with E-state index in [1.54, 1.807) is 38.9 Å². The van der Waals surface area contributed by atoms with Gasteiger partial charge in [0.15, 0.2) is 0 Å². The van der Waals surface area contributed by atoms with Gasteiger partial charge in [-0.3, -0.25) is 9.59 Å². The smallest absolute Gasteiger partial charge is 0.323 e. The molecule has 0 bridgehead atoms. The average molecular weight is 282 g/mol. The van der Waals surface area contributed by atoms with E-state index in [1.165, 1.54) is 12.1 Å². The number of rotatable bonds is 5. The van der Waals surface area contributed by atoms with Crippen LogP contribution in [-0.2, 0) is 4.79 Å². The molecule has 110 valence electrons. The van der Waals surface area contributed by atoms with Gasteiger partial charge in [0.1, 0.15) is 12.4 Å². The van der Waals surface area contributed by atoms with Crippen molar-refractivity contribution in [1.82, 2.24) is 4.90 Å². The minimum absolute atomic E-state index is 0.120. The lowest BCUT2D eigenvalue weighted by atomic mass is 10.1. The number of anilines is 1. The molecule has 20 heavy (non-hydrogen) atoms. The van der Waals surface area contributed by atoms with E-state index in [2.05, 4.69) is 0 Å². The summed E-state index contributed by atoms with van der Waals surface area (Å²) in [5.74, 6) is -2.40. The number of amides is 1. The molecule has 0 aliphatic heterocycles. The van der Waals surface area contributed by atoms with Gasteiger partial charge in [-0.1, -0.05) is 0 Å². The quantitative estimate of drug-likeness (QED) is 0.895. The molecule has 0 saturated carbocycles. The highest BCUT2D eigenvalue weighted by Gasteiger charge is 2.23. The maximum absolute atomic E-state index is 14.0. The number of benzene rings is 1. The normalized spacial score (nSPS) is 10.5. The Hall–Kier alpha value is -2.11. The Bertz CT molecular complexity index is 515. The molecule has 0 unspecified atom stereocenters. The molecule has 0 aliphatic carbocycles. The second kappa shape index (κ2) is 6.36. The fraction of sp³-hybridized carbons (Fsp3) is 0.429. The topological polar surface area (TPSA) is 60.9 Å². The van der Waals surface area contributed by atoms with E-state index in [-0.39, 0.29) is 11.6 Å². The molecule has 1 amide bonds. The molecule has 0 fully saturated rings. The highest BCUT2D eigenvalue weighted by molar-refractivity contribution is 5.96. The molecule has 1 N–H and O–H groups in total. The Morgan fingerprint density at radius 2 is 1.90 bits per heavy atom. The third-order valence-corrected chi connectivity index (χ3v) is 2.89. The van der Waals surface area contributed by atoms with E-state index >= 15 is 0 Å². The third-order valence-electron chi connectivity index (χ3n) is 2.89. The van der Waals surface area contributed by atoms with Crippen molar-refractivity contribution in [3.05, 3.63) is 29.6 Å². The molecule has 0 aliphatic rings. The highest BCUT2D eigenvalue weighted by Crippen LogP contribution is 2.19. The molecule has 0 spiro atoms. The fourth-order valence-corrected chi connectivity index (χ4v) is 1.74. The number of aliphatic carboxylic acids is 1. The Morgan fingerprint density at radius 3 is 2.30 bits per heavy atom. The van der Waals surface area contributed by atoms with Crippen LogP contribution in [0.4, 0.5) is 10.1 Å². The third kappa shape index (κ3) is 3.69. The maximum atomic E-state index is 14.0. The van der Waals surface area contributed by atoms with Crippen LogP contribution in [-0.4, -0.2) is 48.6 Å². The molecule has 0 saturated heterocycles. The van der Waals surface area contributed by atoms with E-state index in [1.807, 2.05) is 0 Å². The van der Waals surface area contributed by atoms with Crippen molar-refractivity contribution in [2.45, 2.75) is 19.9 Å². The van der Waals surface area contributed by atoms with Crippen LogP contribution < -0.4 is 4.90 Å². The largest absolute Gasteiger partial charge is 0.480 e. The lowest BCUT2D eigenvalue weighted by molar-refractivity contribution is -0.138. The summed E-state index contributed by atoms with van der Waals surface area (Å²) >= 11 is 0. The summed E-state index contributed by atoms with van der Waals surface area (Å²) in [6.07, 6.45) is 0. The molecular weight excluding hydrogens is 263 g/mol. The van der Waals surface area contributed by atoms with Crippen molar-refractivity contribution in [2.75, 3.05) is 25.5 Å². The van der Waals surface area contributed by atoms with Crippen molar-refractivity contribution >= 4 is 17.6 Å². The summed E-state index contributed by atoms with van der Waals surface area (Å²) in [6, 6.07) is 3.93. The van der Waals surface area contributed by atoms with E-state index in [9.17, 15) is 14.0 Å². The first-order valence-corrected chi connectivity index (χ1v) is 6.23. The van der Waals surface area contributed by atoms with Crippen LogP contribution in [0.15, 0.2) is 18.2 Å². The van der Waals surface area contributed by atoms with Crippen LogP contribution in [0.5, 0.6) is 0 Å². The number of hydrogen-bond donors (Lipinski definition) is 1. The van der Waals surface area contributed by atoms with Gasteiger partial charge in [0, 0.05) is 25.8 Å². The summed E-state index contributed by atoms with van der Waals surface area (Å²) in [5, 5.41) is 8.82. The fourth-order valence-electron chi connectivity index (χ4n) is 1.74. The monoisotopic (exact) mass is 282 g/mol.